The number of methoxy groups -OCH3 is 1. The summed E-state index contributed by atoms with van der Waals surface area (Å²) in [5.74, 6) is -0.240. The molecule has 1 heterocycles. The van der Waals surface area contributed by atoms with Crippen molar-refractivity contribution in [3.63, 3.8) is 0 Å². The van der Waals surface area contributed by atoms with E-state index in [1.54, 1.807) is 12.1 Å². The molecule has 3 rings (SSSR count). The topological polar surface area (TPSA) is 115 Å². The van der Waals surface area contributed by atoms with Gasteiger partial charge in [-0.25, -0.2) is 9.82 Å². The average molecular weight is 370 g/mol. The van der Waals surface area contributed by atoms with Crippen LogP contribution in [0.5, 0.6) is 11.5 Å². The molecular formula is C17H15FN6O3. The molecule has 0 bridgehead atoms. The van der Waals surface area contributed by atoms with Gasteiger partial charge in [-0.05, 0) is 53.2 Å². The Kier molecular flexibility index (Phi) is 5.36. The van der Waals surface area contributed by atoms with Gasteiger partial charge in [0.15, 0.2) is 11.5 Å². The van der Waals surface area contributed by atoms with Crippen LogP contribution in [0, 0.1) is 5.82 Å². The Morgan fingerprint density at radius 2 is 2.11 bits per heavy atom. The van der Waals surface area contributed by atoms with Crippen LogP contribution < -0.4 is 10.2 Å². The Hall–Kier alpha value is -3.82. The van der Waals surface area contributed by atoms with E-state index in [-0.39, 0.29) is 23.9 Å². The second-order valence-electron chi connectivity index (χ2n) is 5.37. The minimum atomic E-state index is -0.458. The van der Waals surface area contributed by atoms with Crippen LogP contribution in [-0.2, 0) is 11.3 Å². The lowest BCUT2D eigenvalue weighted by Crippen LogP contribution is -2.24. The molecule has 1 aromatic heterocycles. The van der Waals surface area contributed by atoms with Crippen molar-refractivity contribution >= 4 is 12.1 Å². The standard InChI is InChI=1S/C17H15FN6O3/c1-27-15-8-11(2-7-14(15)25)9-19-20-16(26)10-24-22-17(21-23-24)12-3-5-13(18)6-4-12/h2-9,25H,10H2,1H3,(H,20,26)/b19-9+. The zero-order valence-electron chi connectivity index (χ0n) is 14.2. The Bertz CT molecular complexity index is 971. The summed E-state index contributed by atoms with van der Waals surface area (Å²) >= 11 is 0. The Balaban J connectivity index is 1.57. The second-order valence-corrected chi connectivity index (χ2v) is 5.37. The third-order valence-corrected chi connectivity index (χ3v) is 3.45. The molecule has 2 aromatic carbocycles. The summed E-state index contributed by atoms with van der Waals surface area (Å²) in [4.78, 5) is 13.0. The highest BCUT2D eigenvalue weighted by Crippen LogP contribution is 2.25. The zero-order valence-corrected chi connectivity index (χ0v) is 14.2. The monoisotopic (exact) mass is 370 g/mol. The van der Waals surface area contributed by atoms with Gasteiger partial charge in [0.2, 0.25) is 5.82 Å². The number of nitrogens with zero attached hydrogens (tertiary/aromatic N) is 5. The van der Waals surface area contributed by atoms with Crippen molar-refractivity contribution in [2.24, 2.45) is 5.10 Å². The summed E-state index contributed by atoms with van der Waals surface area (Å²) in [6.07, 6.45) is 1.40. The van der Waals surface area contributed by atoms with E-state index >= 15 is 0 Å². The van der Waals surface area contributed by atoms with Crippen LogP contribution >= 0.6 is 0 Å². The highest BCUT2D eigenvalue weighted by molar-refractivity contribution is 5.83. The van der Waals surface area contributed by atoms with E-state index < -0.39 is 5.91 Å². The van der Waals surface area contributed by atoms with Crippen molar-refractivity contribution in [1.82, 2.24) is 25.6 Å². The highest BCUT2D eigenvalue weighted by Gasteiger charge is 2.09. The molecule has 0 saturated carbocycles. The van der Waals surface area contributed by atoms with Gasteiger partial charge in [0, 0.05) is 5.56 Å². The first-order chi connectivity index (χ1) is 13.0. The Morgan fingerprint density at radius 1 is 1.33 bits per heavy atom. The molecule has 3 aromatic rings. The van der Waals surface area contributed by atoms with Crippen LogP contribution in [-0.4, -0.2) is 44.5 Å². The molecule has 0 aliphatic heterocycles. The number of carbonyl (C=O) groups is 1. The molecule has 0 unspecified atom stereocenters. The van der Waals surface area contributed by atoms with Gasteiger partial charge in [0.1, 0.15) is 12.4 Å². The zero-order chi connectivity index (χ0) is 19.2. The molecular weight excluding hydrogens is 355 g/mol. The molecule has 138 valence electrons. The minimum Gasteiger partial charge on any atom is -0.504 e. The van der Waals surface area contributed by atoms with E-state index in [0.717, 1.165) is 4.80 Å². The summed E-state index contributed by atoms with van der Waals surface area (Å²) in [5, 5.41) is 25.0. The van der Waals surface area contributed by atoms with E-state index in [4.69, 9.17) is 4.74 Å². The maximum Gasteiger partial charge on any atom is 0.263 e. The molecule has 0 aliphatic carbocycles. The number of tetrazole rings is 1. The Morgan fingerprint density at radius 3 is 2.85 bits per heavy atom. The number of nitrogens with one attached hydrogen (secondary N) is 1. The lowest BCUT2D eigenvalue weighted by Gasteiger charge is -2.03. The normalized spacial score (nSPS) is 10.9. The number of benzene rings is 2. The third-order valence-electron chi connectivity index (χ3n) is 3.45. The first kappa shape index (κ1) is 18.0. The molecule has 0 fully saturated rings. The number of phenols is 1. The SMILES string of the molecule is COc1cc(/C=N/NC(=O)Cn2nnc(-c3ccc(F)cc3)n2)ccc1O. The van der Waals surface area contributed by atoms with Crippen LogP contribution in [0.4, 0.5) is 4.39 Å². The first-order valence-corrected chi connectivity index (χ1v) is 7.78. The number of carbonyl (C=O) groups excluding carboxylic acids is 1. The first-order valence-electron chi connectivity index (χ1n) is 7.78. The van der Waals surface area contributed by atoms with Gasteiger partial charge in [0.25, 0.3) is 5.91 Å². The average Bonchev–Trinajstić information content (AvgIpc) is 3.12. The molecule has 0 spiro atoms. The van der Waals surface area contributed by atoms with E-state index in [2.05, 4.69) is 25.9 Å². The molecule has 27 heavy (non-hydrogen) atoms. The van der Waals surface area contributed by atoms with Crippen molar-refractivity contribution in [2.75, 3.05) is 7.11 Å². The lowest BCUT2D eigenvalue weighted by atomic mass is 10.2. The van der Waals surface area contributed by atoms with Gasteiger partial charge >= 0.3 is 0 Å². The number of aromatic nitrogens is 4. The van der Waals surface area contributed by atoms with Gasteiger partial charge in [0.05, 0.1) is 13.3 Å². The van der Waals surface area contributed by atoms with Crippen LogP contribution in [0.25, 0.3) is 11.4 Å². The van der Waals surface area contributed by atoms with Crippen molar-refractivity contribution in [2.45, 2.75) is 6.54 Å². The molecule has 2 N–H and O–H groups in total. The fourth-order valence-corrected chi connectivity index (χ4v) is 2.14. The fourth-order valence-electron chi connectivity index (χ4n) is 2.14. The number of hydrogen-bond acceptors (Lipinski definition) is 7. The van der Waals surface area contributed by atoms with E-state index in [1.807, 2.05) is 0 Å². The van der Waals surface area contributed by atoms with E-state index in [9.17, 15) is 14.3 Å². The number of hydrazone groups is 1. The maximum absolute atomic E-state index is 12.9. The van der Waals surface area contributed by atoms with Crippen molar-refractivity contribution < 1.29 is 19.0 Å². The summed E-state index contributed by atoms with van der Waals surface area (Å²) < 4.78 is 17.9. The predicted molar refractivity (Wildman–Crippen MR) is 93.6 cm³/mol. The van der Waals surface area contributed by atoms with Gasteiger partial charge < -0.3 is 9.84 Å². The largest absolute Gasteiger partial charge is 0.504 e. The molecule has 0 atom stereocenters. The van der Waals surface area contributed by atoms with Gasteiger partial charge in [-0.3, -0.25) is 4.79 Å². The van der Waals surface area contributed by atoms with Gasteiger partial charge in [-0.2, -0.15) is 9.90 Å². The second kappa shape index (κ2) is 8.04. The van der Waals surface area contributed by atoms with E-state index in [0.29, 0.717) is 16.9 Å². The van der Waals surface area contributed by atoms with Crippen LogP contribution in [0.15, 0.2) is 47.6 Å². The van der Waals surface area contributed by atoms with Gasteiger partial charge in [-0.1, -0.05) is 0 Å². The molecule has 1 amide bonds. The number of phenolic OH excluding ortho intramolecular Hbond substituents is 1. The quantitative estimate of drug-likeness (QED) is 0.500. The number of ether oxygens (including phenoxy) is 1. The van der Waals surface area contributed by atoms with Crippen LogP contribution in [0.3, 0.4) is 0 Å². The third kappa shape index (κ3) is 4.63. The van der Waals surface area contributed by atoms with Crippen LogP contribution in [0.2, 0.25) is 0 Å². The summed E-state index contributed by atoms with van der Waals surface area (Å²) in [7, 11) is 1.43. The minimum absolute atomic E-state index is 0.00732. The summed E-state index contributed by atoms with van der Waals surface area (Å²) in [5.41, 5.74) is 3.55. The number of hydrogen-bond donors (Lipinski definition) is 2. The Labute approximate surface area is 153 Å². The number of rotatable bonds is 6. The van der Waals surface area contributed by atoms with E-state index in [1.165, 1.54) is 43.7 Å². The molecule has 9 nitrogen and oxygen atoms in total. The molecule has 0 radical (unpaired) electrons. The predicted octanol–water partition coefficient (Wildman–Crippen LogP) is 1.34. The summed E-state index contributed by atoms with van der Waals surface area (Å²) in [6.45, 7) is -0.190. The van der Waals surface area contributed by atoms with Crippen molar-refractivity contribution in [1.29, 1.82) is 0 Å². The lowest BCUT2D eigenvalue weighted by molar-refractivity contribution is -0.122. The number of aromatic hydroxyl groups is 1. The fraction of sp³-hybridized carbons (Fsp3) is 0.118. The van der Waals surface area contributed by atoms with Gasteiger partial charge in [-0.15, -0.1) is 10.2 Å². The van der Waals surface area contributed by atoms with Crippen LogP contribution in [0.1, 0.15) is 5.56 Å². The number of halogens is 1. The van der Waals surface area contributed by atoms with Crippen molar-refractivity contribution in [3.05, 3.63) is 53.8 Å². The highest BCUT2D eigenvalue weighted by atomic mass is 19.1. The molecule has 0 aliphatic rings. The molecule has 0 saturated heterocycles. The van der Waals surface area contributed by atoms with Crippen molar-refractivity contribution in [3.8, 4) is 22.9 Å². The maximum atomic E-state index is 12.9. The number of amides is 1. The molecule has 10 heteroatoms. The summed E-state index contributed by atoms with van der Waals surface area (Å²) in [6, 6.07) is 10.3. The smallest absolute Gasteiger partial charge is 0.263 e.